The number of hydrogen-bond acceptors (Lipinski definition) is 3. The molecule has 1 unspecified atom stereocenters. The Hall–Kier alpha value is -1.55. The first-order chi connectivity index (χ1) is 7.34. The highest BCUT2D eigenvalue weighted by Crippen LogP contribution is 2.15. The van der Waals surface area contributed by atoms with Gasteiger partial charge in [-0.15, -0.1) is 0 Å². The van der Waals surface area contributed by atoms with Crippen LogP contribution < -0.4 is 10.9 Å². The Morgan fingerprint density at radius 2 is 2.13 bits per heavy atom. The van der Waals surface area contributed by atoms with E-state index in [1.807, 2.05) is 30.3 Å². The summed E-state index contributed by atoms with van der Waals surface area (Å²) in [7, 11) is 0. The molecule has 15 heavy (non-hydrogen) atoms. The monoisotopic (exact) mass is 205 g/mol. The van der Waals surface area contributed by atoms with Crippen molar-refractivity contribution in [3.8, 4) is 0 Å². The summed E-state index contributed by atoms with van der Waals surface area (Å²) in [5.74, 6) is 0. The maximum atomic E-state index is 11.1. The van der Waals surface area contributed by atoms with Crippen molar-refractivity contribution in [1.29, 1.82) is 0 Å². The minimum atomic E-state index is -0.445. The molecule has 1 aromatic carbocycles. The number of carbonyl (C=O) groups excluding carboxylic acids is 1. The average molecular weight is 205 g/mol. The van der Waals surface area contributed by atoms with Gasteiger partial charge in [0, 0.05) is 6.04 Å². The fraction of sp³-hybridized carbons (Fsp3) is 0.273. The highest BCUT2D eigenvalue weighted by Gasteiger charge is 2.21. The third-order valence-electron chi connectivity index (χ3n) is 2.04. The second-order valence-corrected chi connectivity index (χ2v) is 3.41. The van der Waals surface area contributed by atoms with E-state index in [2.05, 4.69) is 17.3 Å². The van der Waals surface area contributed by atoms with Crippen molar-refractivity contribution < 1.29 is 9.53 Å². The molecule has 2 N–H and O–H groups in total. The number of amides is 1. The Morgan fingerprint density at radius 3 is 2.80 bits per heavy atom. The minimum absolute atomic E-state index is 0.294. The van der Waals surface area contributed by atoms with Crippen molar-refractivity contribution in [3.63, 3.8) is 0 Å². The molecule has 1 aliphatic rings. The zero-order chi connectivity index (χ0) is 10.5. The van der Waals surface area contributed by atoms with Gasteiger partial charge in [-0.25, -0.2) is 10.2 Å². The van der Waals surface area contributed by atoms with E-state index in [1.54, 1.807) is 0 Å². The molecule has 1 saturated carbocycles. The lowest BCUT2D eigenvalue weighted by Gasteiger charge is -2.07. The van der Waals surface area contributed by atoms with Gasteiger partial charge in [-0.3, -0.25) is 5.43 Å². The predicted molar refractivity (Wildman–Crippen MR) is 55.6 cm³/mol. The smallest absolute Gasteiger partial charge is 0.421 e. The highest BCUT2D eigenvalue weighted by atomic mass is 16.6. The first-order valence-corrected chi connectivity index (χ1v) is 4.90. The number of nitrogens with one attached hydrogen (secondary N) is 2. The summed E-state index contributed by atoms with van der Waals surface area (Å²) in [6.45, 7) is 0.294. The van der Waals surface area contributed by atoms with Gasteiger partial charge in [0.25, 0.3) is 0 Å². The molecule has 0 aliphatic heterocycles. The van der Waals surface area contributed by atoms with E-state index < -0.39 is 6.09 Å². The van der Waals surface area contributed by atoms with Crippen LogP contribution in [0.4, 0.5) is 4.79 Å². The summed E-state index contributed by atoms with van der Waals surface area (Å²) in [6.07, 6.45) is 2.61. The average Bonchev–Trinajstić information content (AvgIpc) is 3.09. The number of benzene rings is 1. The zero-order valence-electron chi connectivity index (χ0n) is 8.27. The number of ether oxygens (including phenoxy) is 1. The maximum absolute atomic E-state index is 11.1. The van der Waals surface area contributed by atoms with Crippen LogP contribution >= 0.6 is 0 Å². The molecule has 1 amide bonds. The summed E-state index contributed by atoms with van der Waals surface area (Å²) in [5.41, 5.74) is 6.26. The number of hydrazine groups is 1. The molecular formula is C11H13N2O2. The van der Waals surface area contributed by atoms with E-state index >= 15 is 0 Å². The van der Waals surface area contributed by atoms with Crippen molar-refractivity contribution in [2.75, 3.05) is 0 Å². The molecule has 1 aliphatic carbocycles. The predicted octanol–water partition coefficient (Wildman–Crippen LogP) is 1.39. The van der Waals surface area contributed by atoms with E-state index in [4.69, 9.17) is 4.74 Å². The first kappa shape index (κ1) is 9.98. The quantitative estimate of drug-likeness (QED) is 0.730. The van der Waals surface area contributed by atoms with E-state index in [1.165, 1.54) is 0 Å². The lowest BCUT2D eigenvalue weighted by atomic mass is 10.2. The number of rotatable bonds is 4. The van der Waals surface area contributed by atoms with Crippen molar-refractivity contribution in [2.24, 2.45) is 0 Å². The summed E-state index contributed by atoms with van der Waals surface area (Å²) in [5, 5.41) is 0. The summed E-state index contributed by atoms with van der Waals surface area (Å²) in [4.78, 5) is 11.1. The molecule has 0 bridgehead atoms. The maximum Gasteiger partial charge on any atom is 0.421 e. The van der Waals surface area contributed by atoms with Gasteiger partial charge in [0.1, 0.15) is 6.61 Å². The van der Waals surface area contributed by atoms with Crippen LogP contribution in [-0.2, 0) is 11.3 Å². The Bertz CT molecular complexity index is 323. The fourth-order valence-corrected chi connectivity index (χ4v) is 1.10. The zero-order valence-corrected chi connectivity index (χ0v) is 8.27. The third kappa shape index (κ3) is 3.59. The van der Waals surface area contributed by atoms with Gasteiger partial charge in [0.2, 0.25) is 0 Å². The van der Waals surface area contributed by atoms with Crippen LogP contribution in [0.15, 0.2) is 30.3 Å². The molecule has 0 spiro atoms. The van der Waals surface area contributed by atoms with Crippen LogP contribution in [0.1, 0.15) is 12.0 Å². The number of carbonyl (C=O) groups is 1. The Labute approximate surface area is 88.6 Å². The Morgan fingerprint density at radius 1 is 1.40 bits per heavy atom. The van der Waals surface area contributed by atoms with Crippen LogP contribution in [0.3, 0.4) is 0 Å². The van der Waals surface area contributed by atoms with Gasteiger partial charge in [-0.2, -0.15) is 0 Å². The molecule has 0 saturated heterocycles. The molecule has 4 nitrogen and oxygen atoms in total. The molecule has 0 aromatic heterocycles. The van der Waals surface area contributed by atoms with Gasteiger partial charge in [0.05, 0.1) is 0 Å². The molecule has 1 atom stereocenters. The van der Waals surface area contributed by atoms with Crippen molar-refractivity contribution in [1.82, 2.24) is 10.9 Å². The van der Waals surface area contributed by atoms with E-state index in [0.29, 0.717) is 12.6 Å². The van der Waals surface area contributed by atoms with E-state index in [0.717, 1.165) is 12.0 Å². The first-order valence-electron chi connectivity index (χ1n) is 4.90. The van der Waals surface area contributed by atoms with Crippen LogP contribution in [0, 0.1) is 6.42 Å². The normalized spacial score (nSPS) is 14.7. The molecule has 1 fully saturated rings. The van der Waals surface area contributed by atoms with Crippen LogP contribution in [0.5, 0.6) is 0 Å². The van der Waals surface area contributed by atoms with E-state index in [-0.39, 0.29) is 0 Å². The number of hydrogen-bond donors (Lipinski definition) is 2. The Balaban J connectivity index is 1.66. The minimum Gasteiger partial charge on any atom is -0.444 e. The van der Waals surface area contributed by atoms with E-state index in [9.17, 15) is 4.79 Å². The van der Waals surface area contributed by atoms with Gasteiger partial charge in [0.15, 0.2) is 0 Å². The standard InChI is InChI=1S/C11H13N2O2/c14-11(13-12-10-6-7-10)15-8-9-4-2-1-3-5-9/h1-6,10,12H,7-8H2,(H,13,14). The molecule has 79 valence electrons. The summed E-state index contributed by atoms with van der Waals surface area (Å²) < 4.78 is 4.98. The lowest BCUT2D eigenvalue weighted by Crippen LogP contribution is -2.39. The van der Waals surface area contributed by atoms with Crippen molar-refractivity contribution in [2.45, 2.75) is 19.1 Å². The van der Waals surface area contributed by atoms with Gasteiger partial charge < -0.3 is 4.74 Å². The molecule has 2 rings (SSSR count). The van der Waals surface area contributed by atoms with Gasteiger partial charge in [-0.05, 0) is 18.4 Å². The van der Waals surface area contributed by atoms with Gasteiger partial charge in [-0.1, -0.05) is 30.3 Å². The molecule has 0 heterocycles. The lowest BCUT2D eigenvalue weighted by molar-refractivity contribution is 0.134. The second-order valence-electron chi connectivity index (χ2n) is 3.41. The van der Waals surface area contributed by atoms with Crippen molar-refractivity contribution in [3.05, 3.63) is 42.3 Å². The largest absolute Gasteiger partial charge is 0.444 e. The second kappa shape index (κ2) is 4.79. The molecule has 4 heteroatoms. The third-order valence-corrected chi connectivity index (χ3v) is 2.04. The Kier molecular flexibility index (Phi) is 3.19. The fourth-order valence-electron chi connectivity index (χ4n) is 1.10. The summed E-state index contributed by atoms with van der Waals surface area (Å²) in [6, 6.07) is 9.88. The van der Waals surface area contributed by atoms with Crippen molar-refractivity contribution >= 4 is 6.09 Å². The SMILES string of the molecule is O=C(NNC1[CH]C1)OCc1ccccc1. The molecule has 1 aromatic rings. The van der Waals surface area contributed by atoms with Crippen LogP contribution in [0.25, 0.3) is 0 Å². The molecule has 1 radical (unpaired) electrons. The molecular weight excluding hydrogens is 192 g/mol. The van der Waals surface area contributed by atoms with Crippen LogP contribution in [0.2, 0.25) is 0 Å². The summed E-state index contributed by atoms with van der Waals surface area (Å²) >= 11 is 0. The van der Waals surface area contributed by atoms with Crippen LogP contribution in [-0.4, -0.2) is 12.1 Å². The van der Waals surface area contributed by atoms with Gasteiger partial charge >= 0.3 is 6.09 Å². The highest BCUT2D eigenvalue weighted by molar-refractivity contribution is 5.66. The topological polar surface area (TPSA) is 50.4 Å².